The van der Waals surface area contributed by atoms with E-state index in [2.05, 4.69) is 17.1 Å². The molecule has 1 rings (SSSR count). The molecule has 1 aliphatic heterocycles. The summed E-state index contributed by atoms with van der Waals surface area (Å²) in [6.07, 6.45) is 4.67. The van der Waals surface area contributed by atoms with Gasteiger partial charge in [-0.15, -0.1) is 0 Å². The van der Waals surface area contributed by atoms with E-state index in [0.717, 1.165) is 25.6 Å². The number of likely N-dealkylation sites (N-methyl/N-ethyl adjacent to an activating group) is 1. The van der Waals surface area contributed by atoms with Crippen LogP contribution in [-0.2, 0) is 9.53 Å². The predicted molar refractivity (Wildman–Crippen MR) is 73.6 cm³/mol. The fraction of sp³-hybridized carbons (Fsp3) is 0.929. The minimum Gasteiger partial charge on any atom is -0.465 e. The zero-order chi connectivity index (χ0) is 13.4. The number of likely N-dealkylation sites (tertiary alicyclic amines) is 1. The van der Waals surface area contributed by atoms with Gasteiger partial charge in [-0.3, -0.25) is 4.79 Å². The third-order valence-electron chi connectivity index (χ3n) is 3.70. The van der Waals surface area contributed by atoms with E-state index in [1.165, 1.54) is 25.8 Å². The van der Waals surface area contributed by atoms with Crippen molar-refractivity contribution >= 4 is 5.97 Å². The summed E-state index contributed by atoms with van der Waals surface area (Å²) >= 11 is 0. The number of nitrogens with one attached hydrogen (secondary N) is 1. The second-order valence-electron chi connectivity index (χ2n) is 4.89. The van der Waals surface area contributed by atoms with Gasteiger partial charge in [0.15, 0.2) is 0 Å². The molecule has 4 nitrogen and oxygen atoms in total. The van der Waals surface area contributed by atoms with Crippen molar-refractivity contribution in [2.24, 2.45) is 0 Å². The number of rotatable bonds is 8. The second kappa shape index (κ2) is 8.48. The highest BCUT2D eigenvalue weighted by Crippen LogP contribution is 2.20. The highest BCUT2D eigenvalue weighted by Gasteiger charge is 2.25. The first kappa shape index (κ1) is 15.4. The standard InChI is InChI=1S/C14H28N2O2/c1-4-12-8-7-10-16(12)11-9-13(15-5-2)14(17)18-6-3/h12-13,15H,4-11H2,1-3H3. The molecule has 0 amide bonds. The lowest BCUT2D eigenvalue weighted by Crippen LogP contribution is -2.41. The van der Waals surface area contributed by atoms with Crippen LogP contribution in [0.25, 0.3) is 0 Å². The van der Waals surface area contributed by atoms with Crippen LogP contribution in [0.2, 0.25) is 0 Å². The van der Waals surface area contributed by atoms with Gasteiger partial charge in [-0.05, 0) is 45.7 Å². The summed E-state index contributed by atoms with van der Waals surface area (Å²) < 4.78 is 5.10. The average molecular weight is 256 g/mol. The summed E-state index contributed by atoms with van der Waals surface area (Å²) in [5.41, 5.74) is 0. The Morgan fingerprint density at radius 2 is 2.22 bits per heavy atom. The number of hydrogen-bond donors (Lipinski definition) is 1. The Bertz CT molecular complexity index is 246. The van der Waals surface area contributed by atoms with E-state index in [1.807, 2.05) is 13.8 Å². The van der Waals surface area contributed by atoms with Crippen LogP contribution in [0.1, 0.15) is 46.5 Å². The van der Waals surface area contributed by atoms with E-state index in [4.69, 9.17) is 4.74 Å². The van der Waals surface area contributed by atoms with Gasteiger partial charge in [-0.2, -0.15) is 0 Å². The molecule has 106 valence electrons. The Balaban J connectivity index is 2.38. The normalized spacial score (nSPS) is 22.1. The first-order valence-corrected chi connectivity index (χ1v) is 7.36. The number of nitrogens with zero attached hydrogens (tertiary/aromatic N) is 1. The Kier molecular flexibility index (Phi) is 7.28. The molecular formula is C14H28N2O2. The first-order chi connectivity index (χ1) is 8.72. The van der Waals surface area contributed by atoms with E-state index in [1.54, 1.807) is 0 Å². The summed E-state index contributed by atoms with van der Waals surface area (Å²) in [4.78, 5) is 14.3. The fourth-order valence-electron chi connectivity index (χ4n) is 2.74. The number of carbonyl (C=O) groups is 1. The molecular weight excluding hydrogens is 228 g/mol. The van der Waals surface area contributed by atoms with Gasteiger partial charge in [-0.25, -0.2) is 0 Å². The van der Waals surface area contributed by atoms with Gasteiger partial charge in [0.25, 0.3) is 0 Å². The maximum atomic E-state index is 11.8. The van der Waals surface area contributed by atoms with Gasteiger partial charge in [0.2, 0.25) is 0 Å². The third kappa shape index (κ3) is 4.58. The topological polar surface area (TPSA) is 41.6 Å². The number of carbonyl (C=O) groups excluding carboxylic acids is 1. The Hall–Kier alpha value is -0.610. The van der Waals surface area contributed by atoms with Crippen LogP contribution in [-0.4, -0.2) is 49.2 Å². The minimum absolute atomic E-state index is 0.105. The van der Waals surface area contributed by atoms with Gasteiger partial charge in [0, 0.05) is 12.6 Å². The van der Waals surface area contributed by atoms with E-state index >= 15 is 0 Å². The van der Waals surface area contributed by atoms with Gasteiger partial charge in [0.05, 0.1) is 6.61 Å². The van der Waals surface area contributed by atoms with Crippen molar-refractivity contribution in [3.63, 3.8) is 0 Å². The minimum atomic E-state index is -0.145. The molecule has 1 saturated heterocycles. The summed E-state index contributed by atoms with van der Waals surface area (Å²) in [5, 5.41) is 3.22. The molecule has 0 bridgehead atoms. The van der Waals surface area contributed by atoms with Crippen molar-refractivity contribution in [2.75, 3.05) is 26.2 Å². The van der Waals surface area contributed by atoms with Crippen LogP contribution in [0.15, 0.2) is 0 Å². The summed E-state index contributed by atoms with van der Waals surface area (Å²) in [6, 6.07) is 0.572. The summed E-state index contributed by atoms with van der Waals surface area (Å²) in [7, 11) is 0. The molecule has 0 aromatic carbocycles. The Labute approximate surface area is 111 Å². The van der Waals surface area contributed by atoms with Gasteiger partial charge < -0.3 is 15.0 Å². The van der Waals surface area contributed by atoms with E-state index in [0.29, 0.717) is 6.61 Å². The molecule has 0 aliphatic carbocycles. The fourth-order valence-corrected chi connectivity index (χ4v) is 2.74. The lowest BCUT2D eigenvalue weighted by molar-refractivity contribution is -0.145. The van der Waals surface area contributed by atoms with Gasteiger partial charge in [-0.1, -0.05) is 13.8 Å². The molecule has 4 heteroatoms. The van der Waals surface area contributed by atoms with Crippen molar-refractivity contribution in [1.82, 2.24) is 10.2 Å². The lowest BCUT2D eigenvalue weighted by Gasteiger charge is -2.25. The molecule has 0 aromatic rings. The molecule has 1 N–H and O–H groups in total. The van der Waals surface area contributed by atoms with Crippen molar-refractivity contribution in [2.45, 2.75) is 58.5 Å². The largest absolute Gasteiger partial charge is 0.465 e. The zero-order valence-electron chi connectivity index (χ0n) is 12.1. The molecule has 1 fully saturated rings. The molecule has 0 radical (unpaired) electrons. The van der Waals surface area contributed by atoms with E-state index in [-0.39, 0.29) is 12.0 Å². The predicted octanol–water partition coefficient (Wildman–Crippen LogP) is 1.79. The highest BCUT2D eigenvalue weighted by atomic mass is 16.5. The average Bonchev–Trinajstić information content (AvgIpc) is 2.82. The molecule has 2 atom stereocenters. The van der Waals surface area contributed by atoms with Gasteiger partial charge >= 0.3 is 5.97 Å². The Morgan fingerprint density at radius 1 is 1.44 bits per heavy atom. The lowest BCUT2D eigenvalue weighted by atomic mass is 10.1. The molecule has 2 unspecified atom stereocenters. The third-order valence-corrected chi connectivity index (χ3v) is 3.70. The van der Waals surface area contributed by atoms with Gasteiger partial charge in [0.1, 0.15) is 6.04 Å². The van der Waals surface area contributed by atoms with Crippen LogP contribution < -0.4 is 5.32 Å². The summed E-state index contributed by atoms with van der Waals surface area (Å²) in [6.45, 7) is 9.57. The molecule has 1 heterocycles. The maximum absolute atomic E-state index is 11.8. The Morgan fingerprint density at radius 3 is 2.83 bits per heavy atom. The number of hydrogen-bond acceptors (Lipinski definition) is 4. The molecule has 0 saturated carbocycles. The molecule has 1 aliphatic rings. The SMILES string of the molecule is CCNC(CCN1CCCC1CC)C(=O)OCC. The summed E-state index contributed by atoms with van der Waals surface area (Å²) in [5.74, 6) is -0.105. The highest BCUT2D eigenvalue weighted by molar-refractivity contribution is 5.75. The van der Waals surface area contributed by atoms with Crippen molar-refractivity contribution in [1.29, 1.82) is 0 Å². The van der Waals surface area contributed by atoms with E-state index < -0.39 is 0 Å². The smallest absolute Gasteiger partial charge is 0.323 e. The number of ether oxygens (including phenoxy) is 1. The zero-order valence-corrected chi connectivity index (χ0v) is 12.1. The van der Waals surface area contributed by atoms with E-state index in [9.17, 15) is 4.79 Å². The van der Waals surface area contributed by atoms with Crippen LogP contribution in [0.3, 0.4) is 0 Å². The van der Waals surface area contributed by atoms with Crippen molar-refractivity contribution < 1.29 is 9.53 Å². The molecule has 18 heavy (non-hydrogen) atoms. The molecule has 0 spiro atoms. The first-order valence-electron chi connectivity index (χ1n) is 7.36. The van der Waals surface area contributed by atoms with Crippen molar-refractivity contribution in [3.8, 4) is 0 Å². The molecule has 0 aromatic heterocycles. The van der Waals surface area contributed by atoms with Crippen LogP contribution in [0, 0.1) is 0 Å². The number of esters is 1. The second-order valence-corrected chi connectivity index (χ2v) is 4.89. The monoisotopic (exact) mass is 256 g/mol. The van der Waals surface area contributed by atoms with Crippen LogP contribution in [0.4, 0.5) is 0 Å². The van der Waals surface area contributed by atoms with Crippen LogP contribution in [0.5, 0.6) is 0 Å². The van der Waals surface area contributed by atoms with Crippen LogP contribution >= 0.6 is 0 Å². The quantitative estimate of drug-likeness (QED) is 0.672. The van der Waals surface area contributed by atoms with Crippen molar-refractivity contribution in [3.05, 3.63) is 0 Å². The maximum Gasteiger partial charge on any atom is 0.323 e.